The summed E-state index contributed by atoms with van der Waals surface area (Å²) in [6, 6.07) is 5.35. The van der Waals surface area contributed by atoms with Crippen molar-refractivity contribution in [3.8, 4) is 0 Å². The second-order valence-corrected chi connectivity index (χ2v) is 11.8. The highest BCUT2D eigenvalue weighted by Gasteiger charge is 2.39. The van der Waals surface area contributed by atoms with Crippen LogP contribution in [0.5, 0.6) is 0 Å². The molecule has 0 saturated carbocycles. The highest BCUT2D eigenvalue weighted by Crippen LogP contribution is 2.34. The number of thioether (sulfide) groups is 1. The van der Waals surface area contributed by atoms with Crippen molar-refractivity contribution >= 4 is 29.5 Å². The van der Waals surface area contributed by atoms with Gasteiger partial charge < -0.3 is 15.1 Å². The van der Waals surface area contributed by atoms with Gasteiger partial charge in [0.1, 0.15) is 6.04 Å². The van der Waals surface area contributed by atoms with Crippen LogP contribution >= 0.6 is 11.8 Å². The van der Waals surface area contributed by atoms with E-state index in [0.717, 1.165) is 29.3 Å². The van der Waals surface area contributed by atoms with Crippen molar-refractivity contribution in [1.82, 2.24) is 20.4 Å². The van der Waals surface area contributed by atoms with E-state index >= 15 is 0 Å². The number of piperidine rings is 1. The number of benzene rings is 1. The highest BCUT2D eigenvalue weighted by atomic mass is 32.2. The number of rotatable bonds is 15. The number of imide groups is 1. The molecule has 3 amide bonds. The van der Waals surface area contributed by atoms with Gasteiger partial charge in [-0.05, 0) is 49.3 Å². The first-order chi connectivity index (χ1) is 18.1. The maximum Gasteiger partial charge on any atom is 0.255 e. The van der Waals surface area contributed by atoms with Crippen molar-refractivity contribution in [2.75, 3.05) is 38.5 Å². The molecule has 4 rings (SSSR count). The summed E-state index contributed by atoms with van der Waals surface area (Å²) >= 11 is 1.83. The van der Waals surface area contributed by atoms with E-state index in [1.54, 1.807) is 4.90 Å². The molecule has 0 radical (unpaired) electrons. The van der Waals surface area contributed by atoms with Crippen LogP contribution < -0.4 is 10.6 Å². The zero-order chi connectivity index (χ0) is 25.9. The number of unbranched alkanes of at least 4 members (excludes halogenated alkanes) is 9. The van der Waals surface area contributed by atoms with E-state index in [4.69, 9.17) is 0 Å². The lowest BCUT2D eigenvalue weighted by Gasteiger charge is -2.29. The number of carbonyl (C=O) groups is 3. The van der Waals surface area contributed by atoms with Gasteiger partial charge in [0.05, 0.1) is 0 Å². The summed E-state index contributed by atoms with van der Waals surface area (Å²) in [6.45, 7) is 6.47. The molecule has 2 N–H and O–H groups in total. The standard InChI is InChI=1S/C29H44N4O3S/c34-27-15-14-25(28(35)31-27)33-22-24-23(29(33)36)12-11-13-26(24)37-21-10-8-6-4-2-1-3-5-7-9-18-32-19-16-30-17-20-32/h11-13,25,30H,1-10,14-22H2,(H,31,34,35). The van der Waals surface area contributed by atoms with Crippen molar-refractivity contribution in [2.45, 2.75) is 94.5 Å². The summed E-state index contributed by atoms with van der Waals surface area (Å²) in [5, 5.41) is 5.79. The van der Waals surface area contributed by atoms with E-state index < -0.39 is 6.04 Å². The zero-order valence-corrected chi connectivity index (χ0v) is 23.1. The lowest BCUT2D eigenvalue weighted by molar-refractivity contribution is -0.136. The number of hydrogen-bond acceptors (Lipinski definition) is 6. The van der Waals surface area contributed by atoms with Crippen LogP contribution in [0.4, 0.5) is 0 Å². The molecule has 2 saturated heterocycles. The number of hydrogen-bond donors (Lipinski definition) is 2. The number of nitrogens with zero attached hydrogens (tertiary/aromatic N) is 2. The van der Waals surface area contributed by atoms with Gasteiger partial charge in [-0.3, -0.25) is 19.7 Å². The second-order valence-electron chi connectivity index (χ2n) is 10.7. The molecule has 2 fully saturated rings. The highest BCUT2D eigenvalue weighted by molar-refractivity contribution is 7.99. The summed E-state index contributed by atoms with van der Waals surface area (Å²) in [5.74, 6) is 0.360. The molecule has 37 heavy (non-hydrogen) atoms. The summed E-state index contributed by atoms with van der Waals surface area (Å²) in [5.41, 5.74) is 1.74. The number of amides is 3. The van der Waals surface area contributed by atoms with Gasteiger partial charge in [0.25, 0.3) is 5.91 Å². The van der Waals surface area contributed by atoms with Crippen LogP contribution in [-0.2, 0) is 16.1 Å². The normalized spacial score (nSPS) is 20.4. The molecule has 7 nitrogen and oxygen atoms in total. The van der Waals surface area contributed by atoms with E-state index in [2.05, 4.69) is 21.6 Å². The molecule has 0 spiro atoms. The predicted molar refractivity (Wildman–Crippen MR) is 149 cm³/mol. The van der Waals surface area contributed by atoms with Crippen LogP contribution in [-0.4, -0.2) is 72.0 Å². The van der Waals surface area contributed by atoms with Gasteiger partial charge >= 0.3 is 0 Å². The summed E-state index contributed by atoms with van der Waals surface area (Å²) in [4.78, 5) is 42.1. The van der Waals surface area contributed by atoms with Gasteiger partial charge in [-0.25, -0.2) is 0 Å². The summed E-state index contributed by atoms with van der Waals surface area (Å²) in [6.07, 6.45) is 14.0. The van der Waals surface area contributed by atoms with Crippen LogP contribution in [0.2, 0.25) is 0 Å². The molecule has 204 valence electrons. The Kier molecular flexibility index (Phi) is 11.3. The molecular formula is C29H44N4O3S. The Morgan fingerprint density at radius 3 is 2.24 bits per heavy atom. The van der Waals surface area contributed by atoms with Crippen molar-refractivity contribution in [1.29, 1.82) is 0 Å². The quantitative estimate of drug-likeness (QED) is 0.200. The minimum atomic E-state index is -0.548. The lowest BCUT2D eigenvalue weighted by Crippen LogP contribution is -2.52. The maximum atomic E-state index is 13.0. The molecule has 0 aromatic heterocycles. The van der Waals surface area contributed by atoms with Crippen LogP contribution in [0.15, 0.2) is 23.1 Å². The van der Waals surface area contributed by atoms with E-state index in [0.29, 0.717) is 18.5 Å². The Balaban J connectivity index is 1.04. The molecule has 1 unspecified atom stereocenters. The molecule has 0 bridgehead atoms. The molecule has 8 heteroatoms. The predicted octanol–water partition coefficient (Wildman–Crippen LogP) is 4.35. The second kappa shape index (κ2) is 14.9. The van der Waals surface area contributed by atoms with Crippen molar-refractivity contribution < 1.29 is 14.4 Å². The molecule has 1 aromatic carbocycles. The van der Waals surface area contributed by atoms with Crippen LogP contribution in [0.3, 0.4) is 0 Å². The number of piperazine rings is 1. The van der Waals surface area contributed by atoms with Gasteiger partial charge in [0.2, 0.25) is 11.8 Å². The Bertz CT molecular complexity index is 918. The molecule has 3 aliphatic rings. The topological polar surface area (TPSA) is 81.8 Å². The molecule has 1 atom stereocenters. The van der Waals surface area contributed by atoms with Crippen molar-refractivity contribution in [3.63, 3.8) is 0 Å². The fourth-order valence-corrected chi connectivity index (χ4v) is 6.75. The van der Waals surface area contributed by atoms with Crippen molar-refractivity contribution in [3.05, 3.63) is 29.3 Å². The van der Waals surface area contributed by atoms with Crippen LogP contribution in [0, 0.1) is 0 Å². The molecule has 0 aliphatic carbocycles. The van der Waals surface area contributed by atoms with E-state index in [-0.39, 0.29) is 24.1 Å². The minimum absolute atomic E-state index is 0.0912. The molecule has 3 heterocycles. The third kappa shape index (κ3) is 8.29. The van der Waals surface area contributed by atoms with Gasteiger partial charge in [-0.1, -0.05) is 57.4 Å². The van der Waals surface area contributed by atoms with Crippen molar-refractivity contribution in [2.24, 2.45) is 0 Å². The first kappa shape index (κ1) is 28.1. The summed E-state index contributed by atoms with van der Waals surface area (Å²) < 4.78 is 0. The zero-order valence-electron chi connectivity index (χ0n) is 22.3. The number of fused-ring (bicyclic) bond motifs is 1. The van der Waals surface area contributed by atoms with Gasteiger partial charge in [0, 0.05) is 49.6 Å². The minimum Gasteiger partial charge on any atom is -0.322 e. The average molecular weight is 529 g/mol. The largest absolute Gasteiger partial charge is 0.322 e. The van der Waals surface area contributed by atoms with Gasteiger partial charge in [0.15, 0.2) is 0 Å². The Hall–Kier alpha value is -1.90. The van der Waals surface area contributed by atoms with Gasteiger partial charge in [-0.2, -0.15) is 0 Å². The first-order valence-electron chi connectivity index (χ1n) is 14.5. The smallest absolute Gasteiger partial charge is 0.255 e. The number of nitrogens with one attached hydrogen (secondary N) is 2. The fourth-order valence-electron chi connectivity index (χ4n) is 5.66. The monoisotopic (exact) mass is 528 g/mol. The Labute approximate surface area is 226 Å². The third-order valence-electron chi connectivity index (χ3n) is 7.87. The third-order valence-corrected chi connectivity index (χ3v) is 9.06. The average Bonchev–Trinajstić information content (AvgIpc) is 3.24. The van der Waals surface area contributed by atoms with Gasteiger partial charge in [-0.15, -0.1) is 11.8 Å². The van der Waals surface area contributed by atoms with E-state index in [1.807, 2.05) is 23.9 Å². The van der Waals surface area contributed by atoms with Crippen LogP contribution in [0.1, 0.15) is 93.0 Å². The van der Waals surface area contributed by atoms with E-state index in [1.165, 1.54) is 83.8 Å². The molecular weight excluding hydrogens is 484 g/mol. The lowest BCUT2D eigenvalue weighted by atomic mass is 10.0. The number of carbonyl (C=O) groups excluding carboxylic acids is 3. The molecule has 1 aromatic rings. The Morgan fingerprint density at radius 1 is 0.865 bits per heavy atom. The first-order valence-corrected chi connectivity index (χ1v) is 15.4. The van der Waals surface area contributed by atoms with Crippen LogP contribution in [0.25, 0.3) is 0 Å². The SMILES string of the molecule is O=C1CCC(N2Cc3c(SCCCCCCCCCCCCN4CCNCC4)cccc3C2=O)C(=O)N1. The Morgan fingerprint density at radius 2 is 1.54 bits per heavy atom. The van der Waals surface area contributed by atoms with E-state index in [9.17, 15) is 14.4 Å². The summed E-state index contributed by atoms with van der Waals surface area (Å²) in [7, 11) is 0. The fraction of sp³-hybridized carbons (Fsp3) is 0.690. The molecule has 3 aliphatic heterocycles. The maximum absolute atomic E-state index is 13.0.